The van der Waals surface area contributed by atoms with E-state index in [4.69, 9.17) is 9.26 Å². The van der Waals surface area contributed by atoms with E-state index in [1.165, 1.54) is 0 Å². The second-order valence-corrected chi connectivity index (χ2v) is 7.97. The van der Waals surface area contributed by atoms with Crippen molar-refractivity contribution in [2.45, 2.75) is 38.6 Å². The number of carbonyl (C=O) groups excluding carboxylic acids is 2. The molecule has 0 aliphatic carbocycles. The molecule has 0 bridgehead atoms. The Morgan fingerprint density at radius 2 is 1.93 bits per heavy atom. The Bertz CT molecular complexity index is 886. The van der Waals surface area contributed by atoms with E-state index in [-0.39, 0.29) is 17.5 Å². The molecule has 2 aliphatic heterocycles. The second-order valence-electron chi connectivity index (χ2n) is 7.97. The van der Waals surface area contributed by atoms with E-state index in [0.29, 0.717) is 30.4 Å². The van der Waals surface area contributed by atoms with E-state index in [1.807, 2.05) is 29.2 Å². The standard InChI is InChI=1S/C22H27N3O4/c1-15-8-11-24(12-9-15)22(27)19-7-4-10-25(19)21(26)18-14-20(29-23-18)16-5-3-6-17(13-16)28-2/h3,5-6,13-15,19H,4,7-12H2,1-2H3/t19-/m0/s1. The van der Waals surface area contributed by atoms with Gasteiger partial charge in [-0.2, -0.15) is 0 Å². The zero-order valence-electron chi connectivity index (χ0n) is 17.0. The third-order valence-corrected chi connectivity index (χ3v) is 5.98. The maximum absolute atomic E-state index is 13.1. The average molecular weight is 397 g/mol. The first-order valence-electron chi connectivity index (χ1n) is 10.3. The molecule has 1 atom stereocenters. The summed E-state index contributed by atoms with van der Waals surface area (Å²) >= 11 is 0. The SMILES string of the molecule is COc1cccc(-c2cc(C(=O)N3CCC[C@H]3C(=O)N3CCC(C)CC3)no2)c1. The minimum atomic E-state index is -0.395. The van der Waals surface area contributed by atoms with Crippen LogP contribution in [0, 0.1) is 5.92 Å². The monoisotopic (exact) mass is 397 g/mol. The zero-order valence-corrected chi connectivity index (χ0v) is 17.0. The molecule has 2 aliphatic rings. The third-order valence-electron chi connectivity index (χ3n) is 5.98. The van der Waals surface area contributed by atoms with Crippen LogP contribution in [-0.2, 0) is 4.79 Å². The molecule has 154 valence electrons. The Hall–Kier alpha value is -2.83. The van der Waals surface area contributed by atoms with E-state index < -0.39 is 6.04 Å². The van der Waals surface area contributed by atoms with Crippen molar-refractivity contribution in [1.29, 1.82) is 0 Å². The second kappa shape index (κ2) is 8.27. The molecule has 7 nitrogen and oxygen atoms in total. The van der Waals surface area contributed by atoms with Gasteiger partial charge in [-0.25, -0.2) is 0 Å². The Morgan fingerprint density at radius 3 is 2.69 bits per heavy atom. The summed E-state index contributed by atoms with van der Waals surface area (Å²) in [4.78, 5) is 29.7. The molecule has 2 saturated heterocycles. The lowest BCUT2D eigenvalue weighted by molar-refractivity contribution is -0.136. The van der Waals surface area contributed by atoms with Gasteiger partial charge < -0.3 is 19.1 Å². The van der Waals surface area contributed by atoms with Crippen molar-refractivity contribution in [3.8, 4) is 17.1 Å². The maximum Gasteiger partial charge on any atom is 0.276 e. The molecule has 0 radical (unpaired) electrons. The summed E-state index contributed by atoms with van der Waals surface area (Å²) in [5.74, 6) is 1.68. The van der Waals surface area contributed by atoms with Crippen LogP contribution in [0.2, 0.25) is 0 Å². The summed E-state index contributed by atoms with van der Waals surface area (Å²) in [6, 6.07) is 8.64. The van der Waals surface area contributed by atoms with Crippen LogP contribution in [-0.4, -0.2) is 59.6 Å². The van der Waals surface area contributed by atoms with Crippen molar-refractivity contribution in [2.75, 3.05) is 26.7 Å². The molecule has 1 aromatic heterocycles. The lowest BCUT2D eigenvalue weighted by Gasteiger charge is -2.34. The number of nitrogens with zero attached hydrogens (tertiary/aromatic N) is 3. The Morgan fingerprint density at radius 1 is 1.14 bits per heavy atom. The van der Waals surface area contributed by atoms with Crippen LogP contribution in [0.5, 0.6) is 5.75 Å². The lowest BCUT2D eigenvalue weighted by atomic mass is 9.98. The van der Waals surface area contributed by atoms with Crippen LogP contribution < -0.4 is 4.74 Å². The topological polar surface area (TPSA) is 75.9 Å². The van der Waals surface area contributed by atoms with Gasteiger partial charge >= 0.3 is 0 Å². The maximum atomic E-state index is 13.1. The molecule has 7 heteroatoms. The lowest BCUT2D eigenvalue weighted by Crippen LogP contribution is -2.49. The third kappa shape index (κ3) is 3.99. The molecule has 0 saturated carbocycles. The van der Waals surface area contributed by atoms with Crippen molar-refractivity contribution >= 4 is 11.8 Å². The molecule has 1 aromatic carbocycles. The van der Waals surface area contributed by atoms with Crippen molar-refractivity contribution in [2.24, 2.45) is 5.92 Å². The Balaban J connectivity index is 1.48. The van der Waals surface area contributed by atoms with Gasteiger partial charge in [-0.15, -0.1) is 0 Å². The minimum absolute atomic E-state index is 0.0688. The van der Waals surface area contributed by atoms with Gasteiger partial charge in [-0.1, -0.05) is 24.2 Å². The van der Waals surface area contributed by atoms with Crippen molar-refractivity contribution in [3.63, 3.8) is 0 Å². The van der Waals surface area contributed by atoms with Gasteiger partial charge in [0.15, 0.2) is 11.5 Å². The highest BCUT2D eigenvalue weighted by Gasteiger charge is 2.38. The minimum Gasteiger partial charge on any atom is -0.497 e. The largest absolute Gasteiger partial charge is 0.497 e. The van der Waals surface area contributed by atoms with E-state index in [1.54, 1.807) is 18.1 Å². The first-order valence-corrected chi connectivity index (χ1v) is 10.3. The summed E-state index contributed by atoms with van der Waals surface area (Å²) in [5.41, 5.74) is 1.02. The van der Waals surface area contributed by atoms with Crippen LogP contribution in [0.1, 0.15) is 43.1 Å². The molecule has 2 amide bonds. The molecule has 29 heavy (non-hydrogen) atoms. The number of hydrogen-bond acceptors (Lipinski definition) is 5. The fraction of sp³-hybridized carbons (Fsp3) is 0.500. The number of hydrogen-bond donors (Lipinski definition) is 0. The Kier molecular flexibility index (Phi) is 5.56. The quantitative estimate of drug-likeness (QED) is 0.792. The number of methoxy groups -OCH3 is 1. The van der Waals surface area contributed by atoms with Gasteiger partial charge in [0.05, 0.1) is 7.11 Å². The van der Waals surface area contributed by atoms with E-state index >= 15 is 0 Å². The van der Waals surface area contributed by atoms with E-state index in [0.717, 1.165) is 37.9 Å². The summed E-state index contributed by atoms with van der Waals surface area (Å²) in [7, 11) is 1.60. The van der Waals surface area contributed by atoms with Crippen LogP contribution in [0.4, 0.5) is 0 Å². The predicted octanol–water partition coefficient (Wildman–Crippen LogP) is 3.21. The van der Waals surface area contributed by atoms with Gasteiger partial charge in [0.2, 0.25) is 5.91 Å². The van der Waals surface area contributed by atoms with Crippen LogP contribution in [0.3, 0.4) is 0 Å². The molecule has 0 unspecified atom stereocenters. The molecular weight excluding hydrogens is 370 g/mol. The van der Waals surface area contributed by atoms with E-state index in [9.17, 15) is 9.59 Å². The molecule has 3 heterocycles. The van der Waals surface area contributed by atoms with Crippen LogP contribution in [0.15, 0.2) is 34.9 Å². The van der Waals surface area contributed by atoms with Gasteiger partial charge in [-0.05, 0) is 43.7 Å². The molecule has 2 aromatic rings. The van der Waals surface area contributed by atoms with Gasteiger partial charge in [0.1, 0.15) is 11.8 Å². The molecule has 0 spiro atoms. The van der Waals surface area contributed by atoms with Crippen molar-refractivity contribution in [3.05, 3.63) is 36.0 Å². The van der Waals surface area contributed by atoms with E-state index in [2.05, 4.69) is 12.1 Å². The number of likely N-dealkylation sites (tertiary alicyclic amines) is 2. The van der Waals surface area contributed by atoms with Gasteiger partial charge in [0.25, 0.3) is 5.91 Å². The fourth-order valence-corrected chi connectivity index (χ4v) is 4.14. The number of carbonyl (C=O) groups is 2. The first kappa shape index (κ1) is 19.5. The molecule has 0 N–H and O–H groups in total. The normalized spacial score (nSPS) is 20.1. The van der Waals surface area contributed by atoms with Crippen molar-refractivity contribution < 1.29 is 18.8 Å². The first-order chi connectivity index (χ1) is 14.1. The van der Waals surface area contributed by atoms with Gasteiger partial charge in [0, 0.05) is 31.3 Å². The van der Waals surface area contributed by atoms with Crippen molar-refractivity contribution in [1.82, 2.24) is 15.0 Å². The van der Waals surface area contributed by atoms with Crippen LogP contribution >= 0.6 is 0 Å². The highest BCUT2D eigenvalue weighted by atomic mass is 16.5. The van der Waals surface area contributed by atoms with Gasteiger partial charge in [-0.3, -0.25) is 9.59 Å². The smallest absolute Gasteiger partial charge is 0.276 e. The number of benzene rings is 1. The number of amides is 2. The summed E-state index contributed by atoms with van der Waals surface area (Å²) in [6.45, 7) is 4.35. The molecule has 2 fully saturated rings. The number of rotatable bonds is 4. The number of ether oxygens (including phenoxy) is 1. The summed E-state index contributed by atoms with van der Waals surface area (Å²) in [5, 5.41) is 3.98. The fourth-order valence-electron chi connectivity index (χ4n) is 4.14. The predicted molar refractivity (Wildman–Crippen MR) is 108 cm³/mol. The molecular formula is C22H27N3O4. The highest BCUT2D eigenvalue weighted by molar-refractivity contribution is 5.97. The van der Waals surface area contributed by atoms with Crippen LogP contribution in [0.25, 0.3) is 11.3 Å². The number of aromatic nitrogens is 1. The summed E-state index contributed by atoms with van der Waals surface area (Å²) in [6.07, 6.45) is 3.59. The summed E-state index contributed by atoms with van der Waals surface area (Å²) < 4.78 is 10.6. The average Bonchev–Trinajstić information content (AvgIpc) is 3.43. The number of piperidine rings is 1. The highest BCUT2D eigenvalue weighted by Crippen LogP contribution is 2.27. The molecule has 4 rings (SSSR count). The zero-order chi connectivity index (χ0) is 20.4. The Labute approximate surface area is 170 Å².